The van der Waals surface area contributed by atoms with E-state index in [9.17, 15) is 4.79 Å². The van der Waals surface area contributed by atoms with Gasteiger partial charge in [0.1, 0.15) is 5.82 Å². The molecule has 0 saturated carbocycles. The highest BCUT2D eigenvalue weighted by molar-refractivity contribution is 5.91. The molecule has 0 bridgehead atoms. The zero-order valence-electron chi connectivity index (χ0n) is 15.6. The quantitative estimate of drug-likeness (QED) is 0.596. The van der Waals surface area contributed by atoms with E-state index < -0.39 is 0 Å². The maximum absolute atomic E-state index is 12.5. The number of hydrogen-bond donors (Lipinski definition) is 3. The average Bonchev–Trinajstić information content (AvgIpc) is 3.16. The number of nitrogens with one attached hydrogen (secondary N) is 2. The number of hydrogen-bond acceptors (Lipinski definition) is 4. The lowest BCUT2D eigenvalue weighted by Gasteiger charge is -2.21. The Morgan fingerprint density at radius 3 is 2.41 bits per heavy atom. The number of H-pyrrole nitrogens is 1. The second kappa shape index (κ2) is 8.60. The second-order valence-corrected chi connectivity index (χ2v) is 6.90. The molecule has 0 saturated heterocycles. The number of carbonyl (C=O) groups excluding carboxylic acids is 1. The summed E-state index contributed by atoms with van der Waals surface area (Å²) in [7, 11) is 0. The highest BCUT2D eigenvalue weighted by Crippen LogP contribution is 2.28. The molecule has 6 nitrogen and oxygen atoms in total. The number of aromatic nitrogens is 3. The SMILES string of the molecule is CC(C)C(CC(=O)Nc1ccc(-c2n[nH]c(CN)n2)cc1)c1ccccc1. The summed E-state index contributed by atoms with van der Waals surface area (Å²) in [6.07, 6.45) is 0.449. The van der Waals surface area contributed by atoms with Crippen molar-refractivity contribution in [3.8, 4) is 11.4 Å². The molecule has 1 aromatic heterocycles. The van der Waals surface area contributed by atoms with E-state index >= 15 is 0 Å². The topological polar surface area (TPSA) is 96.7 Å². The molecule has 0 aliphatic carbocycles. The van der Waals surface area contributed by atoms with Crippen LogP contribution in [0.5, 0.6) is 0 Å². The van der Waals surface area contributed by atoms with Gasteiger partial charge in [-0.25, -0.2) is 4.98 Å². The Balaban J connectivity index is 1.65. The second-order valence-electron chi connectivity index (χ2n) is 6.90. The fourth-order valence-corrected chi connectivity index (χ4v) is 3.07. The molecule has 0 fully saturated rings. The number of amides is 1. The van der Waals surface area contributed by atoms with Gasteiger partial charge < -0.3 is 11.1 Å². The number of nitrogens with zero attached hydrogens (tertiary/aromatic N) is 2. The Labute approximate surface area is 159 Å². The Hall–Kier alpha value is -2.99. The van der Waals surface area contributed by atoms with Crippen molar-refractivity contribution in [1.82, 2.24) is 15.2 Å². The molecule has 1 atom stereocenters. The maximum atomic E-state index is 12.5. The number of benzene rings is 2. The van der Waals surface area contributed by atoms with Crippen LogP contribution in [0.25, 0.3) is 11.4 Å². The largest absolute Gasteiger partial charge is 0.326 e. The van der Waals surface area contributed by atoms with Gasteiger partial charge in [0.2, 0.25) is 5.91 Å². The molecule has 0 radical (unpaired) electrons. The van der Waals surface area contributed by atoms with Crippen LogP contribution in [-0.2, 0) is 11.3 Å². The van der Waals surface area contributed by atoms with Crippen LogP contribution in [0.1, 0.15) is 37.6 Å². The minimum Gasteiger partial charge on any atom is -0.326 e. The third kappa shape index (κ3) is 4.80. The van der Waals surface area contributed by atoms with Crippen molar-refractivity contribution in [3.05, 3.63) is 66.0 Å². The number of nitrogens with two attached hydrogens (primary N) is 1. The minimum absolute atomic E-state index is 0.00798. The Morgan fingerprint density at radius 1 is 1.11 bits per heavy atom. The molecule has 2 aromatic carbocycles. The fraction of sp³-hybridized carbons (Fsp3) is 0.286. The standard InChI is InChI=1S/C21H25N5O/c1-14(2)18(15-6-4-3-5-7-15)12-20(27)23-17-10-8-16(9-11-17)21-24-19(13-22)25-26-21/h3-11,14,18H,12-13,22H2,1-2H3,(H,23,27)(H,24,25,26). The molecule has 140 valence electrons. The number of rotatable bonds is 7. The lowest BCUT2D eigenvalue weighted by atomic mass is 9.85. The average molecular weight is 363 g/mol. The van der Waals surface area contributed by atoms with Gasteiger partial charge in [0.15, 0.2) is 5.82 Å². The first-order valence-corrected chi connectivity index (χ1v) is 9.13. The summed E-state index contributed by atoms with van der Waals surface area (Å²) in [5.74, 6) is 1.81. The van der Waals surface area contributed by atoms with Crippen LogP contribution in [0.2, 0.25) is 0 Å². The third-order valence-electron chi connectivity index (χ3n) is 4.59. The smallest absolute Gasteiger partial charge is 0.224 e. The van der Waals surface area contributed by atoms with Crippen molar-refractivity contribution in [2.75, 3.05) is 5.32 Å². The van der Waals surface area contributed by atoms with Gasteiger partial charge in [-0.1, -0.05) is 44.2 Å². The first-order chi connectivity index (χ1) is 13.1. The van der Waals surface area contributed by atoms with Gasteiger partial charge in [-0.3, -0.25) is 9.89 Å². The molecule has 27 heavy (non-hydrogen) atoms. The van der Waals surface area contributed by atoms with Crippen LogP contribution in [-0.4, -0.2) is 21.1 Å². The van der Waals surface area contributed by atoms with Crippen molar-refractivity contribution in [1.29, 1.82) is 0 Å². The summed E-state index contributed by atoms with van der Waals surface area (Å²) in [5, 5.41) is 9.91. The van der Waals surface area contributed by atoms with E-state index in [-0.39, 0.29) is 11.8 Å². The number of aromatic amines is 1. The minimum atomic E-state index is 0.00798. The fourth-order valence-electron chi connectivity index (χ4n) is 3.07. The lowest BCUT2D eigenvalue weighted by Crippen LogP contribution is -2.18. The molecule has 6 heteroatoms. The maximum Gasteiger partial charge on any atom is 0.224 e. The molecule has 0 aliphatic heterocycles. The first kappa shape index (κ1) is 18.8. The summed E-state index contributed by atoms with van der Waals surface area (Å²) in [4.78, 5) is 16.8. The van der Waals surface area contributed by atoms with E-state index in [0.717, 1.165) is 11.3 Å². The Bertz CT molecular complexity index is 871. The first-order valence-electron chi connectivity index (χ1n) is 9.13. The van der Waals surface area contributed by atoms with Crippen LogP contribution < -0.4 is 11.1 Å². The summed E-state index contributed by atoms with van der Waals surface area (Å²) < 4.78 is 0. The third-order valence-corrected chi connectivity index (χ3v) is 4.59. The molecule has 4 N–H and O–H groups in total. The van der Waals surface area contributed by atoms with E-state index in [4.69, 9.17) is 5.73 Å². The lowest BCUT2D eigenvalue weighted by molar-refractivity contribution is -0.116. The monoisotopic (exact) mass is 363 g/mol. The predicted molar refractivity (Wildman–Crippen MR) is 107 cm³/mol. The van der Waals surface area contributed by atoms with Gasteiger partial charge >= 0.3 is 0 Å². The van der Waals surface area contributed by atoms with Crippen molar-refractivity contribution < 1.29 is 4.79 Å². The van der Waals surface area contributed by atoms with Gasteiger partial charge in [-0.2, -0.15) is 5.10 Å². The van der Waals surface area contributed by atoms with Gasteiger partial charge in [0.05, 0.1) is 6.54 Å². The van der Waals surface area contributed by atoms with E-state index in [1.807, 2.05) is 42.5 Å². The summed E-state index contributed by atoms with van der Waals surface area (Å²) in [6, 6.07) is 17.7. The van der Waals surface area contributed by atoms with Crippen LogP contribution in [0, 0.1) is 5.92 Å². The van der Waals surface area contributed by atoms with E-state index in [0.29, 0.717) is 30.5 Å². The molecule has 3 aromatic rings. The number of anilines is 1. The van der Waals surface area contributed by atoms with Crippen LogP contribution in [0.15, 0.2) is 54.6 Å². The molecule has 0 spiro atoms. The normalized spacial score (nSPS) is 12.1. The summed E-state index contributed by atoms with van der Waals surface area (Å²) >= 11 is 0. The van der Waals surface area contributed by atoms with Crippen molar-refractivity contribution >= 4 is 11.6 Å². The van der Waals surface area contributed by atoms with Crippen molar-refractivity contribution in [2.24, 2.45) is 11.7 Å². The molecule has 3 rings (SSSR count). The molecular formula is C21H25N5O. The Morgan fingerprint density at radius 2 is 1.81 bits per heavy atom. The van der Waals surface area contributed by atoms with Crippen LogP contribution in [0.4, 0.5) is 5.69 Å². The molecule has 1 heterocycles. The van der Waals surface area contributed by atoms with Crippen molar-refractivity contribution in [3.63, 3.8) is 0 Å². The highest BCUT2D eigenvalue weighted by Gasteiger charge is 2.19. The molecular weight excluding hydrogens is 338 g/mol. The predicted octanol–water partition coefficient (Wildman–Crippen LogP) is 3.70. The van der Waals surface area contributed by atoms with E-state index in [1.165, 1.54) is 5.56 Å². The zero-order chi connectivity index (χ0) is 19.2. The van der Waals surface area contributed by atoms with Gasteiger partial charge in [0.25, 0.3) is 0 Å². The summed E-state index contributed by atoms with van der Waals surface area (Å²) in [6.45, 7) is 4.61. The van der Waals surface area contributed by atoms with Crippen LogP contribution >= 0.6 is 0 Å². The molecule has 1 unspecified atom stereocenters. The van der Waals surface area contributed by atoms with E-state index in [1.54, 1.807) is 0 Å². The van der Waals surface area contributed by atoms with Crippen LogP contribution in [0.3, 0.4) is 0 Å². The van der Waals surface area contributed by atoms with Gasteiger partial charge in [0, 0.05) is 17.7 Å². The Kier molecular flexibility index (Phi) is 5.98. The van der Waals surface area contributed by atoms with Gasteiger partial charge in [-0.15, -0.1) is 0 Å². The molecule has 1 amide bonds. The zero-order valence-corrected chi connectivity index (χ0v) is 15.6. The highest BCUT2D eigenvalue weighted by atomic mass is 16.1. The van der Waals surface area contributed by atoms with E-state index in [2.05, 4.69) is 46.5 Å². The van der Waals surface area contributed by atoms with Crippen molar-refractivity contribution in [2.45, 2.75) is 32.7 Å². The molecule has 0 aliphatic rings. The summed E-state index contributed by atoms with van der Waals surface area (Å²) in [5.41, 5.74) is 8.36. The number of carbonyl (C=O) groups is 1. The van der Waals surface area contributed by atoms with Gasteiger partial charge in [-0.05, 0) is 41.7 Å².